The molecule has 1 atom stereocenters. The van der Waals surface area contributed by atoms with Gasteiger partial charge in [-0.25, -0.2) is 4.39 Å². The van der Waals surface area contributed by atoms with Crippen LogP contribution in [0.1, 0.15) is 37.7 Å². The molecule has 1 aromatic carbocycles. The molecular formula is C16H21ClFN3. The summed E-state index contributed by atoms with van der Waals surface area (Å²) in [5, 5.41) is 5.20. The average Bonchev–Trinajstić information content (AvgIpc) is 2.75. The highest BCUT2D eigenvalue weighted by Crippen LogP contribution is 2.29. The second-order valence-corrected chi connectivity index (χ2v) is 5.86. The maximum atomic E-state index is 13.1. The Morgan fingerprint density at radius 3 is 2.43 bits per heavy atom. The molecule has 2 N–H and O–H groups in total. The van der Waals surface area contributed by atoms with Gasteiger partial charge in [0.25, 0.3) is 0 Å². The smallest absolute Gasteiger partial charge is 0.123 e. The van der Waals surface area contributed by atoms with Gasteiger partial charge in [-0.3, -0.25) is 4.68 Å². The molecule has 0 aliphatic heterocycles. The first kappa shape index (κ1) is 16.0. The van der Waals surface area contributed by atoms with Gasteiger partial charge in [-0.1, -0.05) is 30.7 Å². The lowest BCUT2D eigenvalue weighted by Crippen LogP contribution is -2.36. The molecule has 0 saturated heterocycles. The fourth-order valence-corrected chi connectivity index (χ4v) is 2.80. The second-order valence-electron chi connectivity index (χ2n) is 5.48. The average molecular weight is 310 g/mol. The van der Waals surface area contributed by atoms with Crippen molar-refractivity contribution in [1.82, 2.24) is 9.78 Å². The summed E-state index contributed by atoms with van der Waals surface area (Å²) in [7, 11) is 0. The lowest BCUT2D eigenvalue weighted by Gasteiger charge is -2.26. The lowest BCUT2D eigenvalue weighted by molar-refractivity contribution is 0.463. The van der Waals surface area contributed by atoms with E-state index in [0.717, 1.165) is 29.9 Å². The first-order valence-electron chi connectivity index (χ1n) is 7.18. The van der Waals surface area contributed by atoms with Crippen molar-refractivity contribution in [2.24, 2.45) is 5.73 Å². The first-order chi connectivity index (χ1) is 9.89. The molecule has 0 spiro atoms. The van der Waals surface area contributed by atoms with Gasteiger partial charge in [0.1, 0.15) is 5.82 Å². The molecule has 5 heteroatoms. The summed E-state index contributed by atoms with van der Waals surface area (Å²) >= 11 is 6.43. The van der Waals surface area contributed by atoms with Crippen LogP contribution in [0.4, 0.5) is 4.39 Å². The summed E-state index contributed by atoms with van der Waals surface area (Å²) in [5.41, 5.74) is 8.52. The Bertz CT molecular complexity index is 617. The van der Waals surface area contributed by atoms with Crippen molar-refractivity contribution in [3.63, 3.8) is 0 Å². The summed E-state index contributed by atoms with van der Waals surface area (Å²) in [5.74, 6) is -0.264. The molecule has 0 aliphatic carbocycles. The molecule has 0 saturated carbocycles. The van der Waals surface area contributed by atoms with Crippen LogP contribution in [0, 0.1) is 5.82 Å². The maximum Gasteiger partial charge on any atom is 0.123 e. The van der Waals surface area contributed by atoms with E-state index in [1.165, 1.54) is 12.1 Å². The summed E-state index contributed by atoms with van der Waals surface area (Å²) in [4.78, 5) is 0. The Kier molecular flexibility index (Phi) is 4.69. The predicted molar refractivity (Wildman–Crippen MR) is 83.9 cm³/mol. The number of nitrogens with zero attached hydrogens (tertiary/aromatic N) is 2. The zero-order valence-corrected chi connectivity index (χ0v) is 13.4. The number of aromatic nitrogens is 2. The summed E-state index contributed by atoms with van der Waals surface area (Å²) in [6, 6.07) is 6.29. The van der Waals surface area contributed by atoms with Crippen molar-refractivity contribution in [2.75, 3.05) is 0 Å². The van der Waals surface area contributed by atoms with Gasteiger partial charge in [-0.05, 0) is 38.0 Å². The Morgan fingerprint density at radius 2 is 1.90 bits per heavy atom. The quantitative estimate of drug-likeness (QED) is 0.915. The van der Waals surface area contributed by atoms with Gasteiger partial charge < -0.3 is 5.73 Å². The number of rotatable bonds is 5. The van der Waals surface area contributed by atoms with Crippen molar-refractivity contribution < 1.29 is 4.39 Å². The van der Waals surface area contributed by atoms with E-state index in [0.29, 0.717) is 11.4 Å². The van der Waals surface area contributed by atoms with Gasteiger partial charge in [0.05, 0.1) is 16.4 Å². The molecule has 1 unspecified atom stereocenters. The Balaban J connectivity index is 2.36. The van der Waals surface area contributed by atoms with E-state index in [1.54, 1.807) is 12.1 Å². The fourth-order valence-electron chi connectivity index (χ4n) is 2.47. The maximum absolute atomic E-state index is 13.1. The van der Waals surface area contributed by atoms with E-state index >= 15 is 0 Å². The molecule has 0 fully saturated rings. The molecule has 0 aliphatic rings. The topological polar surface area (TPSA) is 43.8 Å². The van der Waals surface area contributed by atoms with Crippen LogP contribution in [0.5, 0.6) is 0 Å². The van der Waals surface area contributed by atoms with Crippen molar-refractivity contribution in [2.45, 2.75) is 45.7 Å². The molecule has 21 heavy (non-hydrogen) atoms. The SMILES string of the molecule is CCc1nn(CC)c(CC(C)(N)c2ccc(F)cc2)c1Cl. The van der Waals surface area contributed by atoms with E-state index in [2.05, 4.69) is 5.10 Å². The molecule has 2 rings (SSSR count). The van der Waals surface area contributed by atoms with Crippen LogP contribution in [0.3, 0.4) is 0 Å². The third kappa shape index (κ3) is 3.27. The highest BCUT2D eigenvalue weighted by molar-refractivity contribution is 6.31. The second kappa shape index (κ2) is 6.16. The molecule has 0 amide bonds. The van der Waals surface area contributed by atoms with Crippen LogP contribution in [0.15, 0.2) is 24.3 Å². The summed E-state index contributed by atoms with van der Waals surface area (Å²) in [6.45, 7) is 6.72. The molecule has 0 bridgehead atoms. The largest absolute Gasteiger partial charge is 0.321 e. The number of nitrogens with two attached hydrogens (primary N) is 1. The molecule has 114 valence electrons. The van der Waals surface area contributed by atoms with Gasteiger partial charge in [-0.2, -0.15) is 5.10 Å². The fraction of sp³-hybridized carbons (Fsp3) is 0.438. The molecule has 0 radical (unpaired) electrons. The van der Waals surface area contributed by atoms with Crippen molar-refractivity contribution in [3.05, 3.63) is 52.1 Å². The third-order valence-electron chi connectivity index (χ3n) is 3.73. The van der Waals surface area contributed by atoms with Crippen molar-refractivity contribution in [3.8, 4) is 0 Å². The van der Waals surface area contributed by atoms with Crippen LogP contribution in [0.25, 0.3) is 0 Å². The van der Waals surface area contributed by atoms with Gasteiger partial charge in [0.2, 0.25) is 0 Å². The molecule has 3 nitrogen and oxygen atoms in total. The van der Waals surface area contributed by atoms with E-state index in [1.807, 2.05) is 25.5 Å². The number of benzene rings is 1. The van der Waals surface area contributed by atoms with E-state index < -0.39 is 5.54 Å². The normalized spacial score (nSPS) is 14.2. The standard InChI is InChI=1S/C16H21ClFN3/c1-4-13-15(17)14(21(5-2)20-13)10-16(3,19)11-6-8-12(18)9-7-11/h6-9H,4-5,10,19H2,1-3H3. The Labute approximate surface area is 129 Å². The minimum atomic E-state index is -0.630. The number of halogens is 2. The van der Waals surface area contributed by atoms with Gasteiger partial charge in [-0.15, -0.1) is 0 Å². The van der Waals surface area contributed by atoms with Gasteiger partial charge >= 0.3 is 0 Å². The Morgan fingerprint density at radius 1 is 1.29 bits per heavy atom. The van der Waals surface area contributed by atoms with Crippen LogP contribution >= 0.6 is 11.6 Å². The molecular weight excluding hydrogens is 289 g/mol. The highest BCUT2D eigenvalue weighted by Gasteiger charge is 2.26. The zero-order valence-electron chi connectivity index (χ0n) is 12.7. The van der Waals surface area contributed by atoms with Crippen molar-refractivity contribution >= 4 is 11.6 Å². The monoisotopic (exact) mass is 309 g/mol. The number of hydrogen-bond donors (Lipinski definition) is 1. The van der Waals surface area contributed by atoms with Gasteiger partial charge in [0, 0.05) is 18.5 Å². The van der Waals surface area contributed by atoms with Crippen LogP contribution in [0.2, 0.25) is 5.02 Å². The lowest BCUT2D eigenvalue weighted by atomic mass is 9.88. The van der Waals surface area contributed by atoms with Crippen LogP contribution in [-0.2, 0) is 24.9 Å². The Hall–Kier alpha value is -1.39. The van der Waals surface area contributed by atoms with E-state index in [9.17, 15) is 4.39 Å². The minimum Gasteiger partial charge on any atom is -0.321 e. The number of hydrogen-bond acceptors (Lipinski definition) is 2. The van der Waals surface area contributed by atoms with Gasteiger partial charge in [0.15, 0.2) is 0 Å². The van der Waals surface area contributed by atoms with Crippen molar-refractivity contribution in [1.29, 1.82) is 0 Å². The number of aryl methyl sites for hydroxylation is 2. The predicted octanol–water partition coefficient (Wildman–Crippen LogP) is 3.67. The highest BCUT2D eigenvalue weighted by atomic mass is 35.5. The molecule has 2 aromatic rings. The summed E-state index contributed by atoms with van der Waals surface area (Å²) in [6.07, 6.45) is 1.34. The first-order valence-corrected chi connectivity index (χ1v) is 7.55. The van der Waals surface area contributed by atoms with E-state index in [-0.39, 0.29) is 5.82 Å². The molecule has 1 aromatic heterocycles. The molecule has 1 heterocycles. The summed E-state index contributed by atoms with van der Waals surface area (Å²) < 4.78 is 15.0. The van der Waals surface area contributed by atoms with Crippen LogP contribution in [-0.4, -0.2) is 9.78 Å². The minimum absolute atomic E-state index is 0.264. The third-order valence-corrected chi connectivity index (χ3v) is 4.17. The van der Waals surface area contributed by atoms with Crippen LogP contribution < -0.4 is 5.73 Å². The zero-order chi connectivity index (χ0) is 15.6. The van der Waals surface area contributed by atoms with E-state index in [4.69, 9.17) is 17.3 Å².